The third kappa shape index (κ3) is 2.62. The van der Waals surface area contributed by atoms with Gasteiger partial charge in [-0.3, -0.25) is 9.59 Å². The molecule has 0 radical (unpaired) electrons. The number of benzene rings is 1. The van der Waals surface area contributed by atoms with Crippen molar-refractivity contribution in [3.63, 3.8) is 0 Å². The van der Waals surface area contributed by atoms with Gasteiger partial charge in [-0.1, -0.05) is 6.07 Å². The maximum absolute atomic E-state index is 12.2. The molecule has 0 bridgehead atoms. The summed E-state index contributed by atoms with van der Waals surface area (Å²) in [6.07, 6.45) is 0.396. The zero-order valence-electron chi connectivity index (χ0n) is 10.7. The summed E-state index contributed by atoms with van der Waals surface area (Å²) in [5.74, 6) is -2.14. The van der Waals surface area contributed by atoms with Crippen LogP contribution in [0.4, 0.5) is 5.69 Å². The van der Waals surface area contributed by atoms with E-state index in [0.29, 0.717) is 18.7 Å². The molecule has 1 unspecified atom stereocenters. The second-order valence-corrected chi connectivity index (χ2v) is 4.67. The van der Waals surface area contributed by atoms with Gasteiger partial charge in [0.2, 0.25) is 11.8 Å². The van der Waals surface area contributed by atoms with Crippen LogP contribution < -0.4 is 16.4 Å². The van der Waals surface area contributed by atoms with Gasteiger partial charge in [0.05, 0.1) is 18.0 Å². The molecule has 0 aromatic heterocycles. The number of nitrogens with zero attached hydrogens (tertiary/aromatic N) is 1. The van der Waals surface area contributed by atoms with Crippen LogP contribution in [0, 0.1) is 0 Å². The molecule has 7 nitrogen and oxygen atoms in total. The highest BCUT2D eigenvalue weighted by molar-refractivity contribution is 6.01. The first-order chi connectivity index (χ1) is 9.40. The average molecular weight is 277 g/mol. The minimum Gasteiger partial charge on any atom is -0.478 e. The molecule has 1 aliphatic rings. The highest BCUT2D eigenvalue weighted by Crippen LogP contribution is 2.29. The van der Waals surface area contributed by atoms with E-state index in [2.05, 4.69) is 0 Å². The molecule has 0 spiro atoms. The Bertz CT molecular complexity index is 585. The van der Waals surface area contributed by atoms with E-state index in [-0.39, 0.29) is 12.0 Å². The summed E-state index contributed by atoms with van der Waals surface area (Å²) >= 11 is 0. The van der Waals surface area contributed by atoms with Crippen LogP contribution in [0.2, 0.25) is 0 Å². The minimum absolute atomic E-state index is 0.104. The third-order valence-electron chi connectivity index (χ3n) is 3.23. The van der Waals surface area contributed by atoms with Gasteiger partial charge in [0.15, 0.2) is 0 Å². The van der Waals surface area contributed by atoms with Gasteiger partial charge >= 0.3 is 5.97 Å². The monoisotopic (exact) mass is 277 g/mol. The van der Waals surface area contributed by atoms with Crippen LogP contribution in [0.3, 0.4) is 0 Å². The Kier molecular flexibility index (Phi) is 3.71. The summed E-state index contributed by atoms with van der Waals surface area (Å²) in [4.78, 5) is 35.4. The Labute approximate surface area is 115 Å². The van der Waals surface area contributed by atoms with E-state index in [0.717, 1.165) is 5.56 Å². The van der Waals surface area contributed by atoms with Crippen molar-refractivity contribution >= 4 is 23.5 Å². The predicted molar refractivity (Wildman–Crippen MR) is 71.2 cm³/mol. The zero-order chi connectivity index (χ0) is 14.9. The number of rotatable bonds is 4. The molecule has 7 heteroatoms. The van der Waals surface area contributed by atoms with Crippen molar-refractivity contribution in [1.82, 2.24) is 0 Å². The summed E-state index contributed by atoms with van der Waals surface area (Å²) in [7, 11) is 0. The molecule has 0 aliphatic carbocycles. The van der Waals surface area contributed by atoms with E-state index in [4.69, 9.17) is 16.6 Å². The van der Waals surface area contributed by atoms with Crippen LogP contribution in [0.25, 0.3) is 0 Å². The van der Waals surface area contributed by atoms with E-state index in [1.807, 2.05) is 0 Å². The van der Waals surface area contributed by atoms with E-state index in [1.165, 1.54) is 17.0 Å². The summed E-state index contributed by atoms with van der Waals surface area (Å²) in [5.41, 5.74) is 12.2. The van der Waals surface area contributed by atoms with E-state index < -0.39 is 23.8 Å². The number of primary amides is 1. The molecule has 1 aromatic carbocycles. The number of carbonyl (C=O) groups excluding carboxylic acids is 2. The van der Waals surface area contributed by atoms with Crippen LogP contribution >= 0.6 is 0 Å². The number of anilines is 1. The van der Waals surface area contributed by atoms with Gasteiger partial charge in [-0.2, -0.15) is 0 Å². The first-order valence-corrected chi connectivity index (χ1v) is 6.11. The highest BCUT2D eigenvalue weighted by Gasteiger charge is 2.29. The lowest BCUT2D eigenvalue weighted by molar-refractivity contribution is -0.124. The Balaban J connectivity index is 2.26. The van der Waals surface area contributed by atoms with Gasteiger partial charge < -0.3 is 21.5 Å². The lowest BCUT2D eigenvalue weighted by atomic mass is 10.1. The Morgan fingerprint density at radius 2 is 2.05 bits per heavy atom. The SMILES string of the molecule is NC(=O)CC(N)C(=O)N1CCc2ccc(C(=O)O)cc21. The number of nitrogens with two attached hydrogens (primary N) is 2. The van der Waals surface area contributed by atoms with Crippen LogP contribution in [-0.4, -0.2) is 35.5 Å². The van der Waals surface area contributed by atoms with Gasteiger partial charge in [-0.15, -0.1) is 0 Å². The predicted octanol–water partition coefficient (Wildman–Crippen LogP) is -0.523. The summed E-state index contributed by atoms with van der Waals surface area (Å²) in [5, 5.41) is 8.98. The fourth-order valence-corrected chi connectivity index (χ4v) is 2.25. The van der Waals surface area contributed by atoms with Gasteiger partial charge in [0.1, 0.15) is 0 Å². The molecule has 1 heterocycles. The van der Waals surface area contributed by atoms with Crippen molar-refractivity contribution in [2.45, 2.75) is 18.9 Å². The number of hydrogen-bond donors (Lipinski definition) is 3. The average Bonchev–Trinajstić information content (AvgIpc) is 2.79. The minimum atomic E-state index is -1.06. The molecule has 2 amide bonds. The van der Waals surface area contributed by atoms with Gasteiger partial charge in [0, 0.05) is 12.2 Å². The third-order valence-corrected chi connectivity index (χ3v) is 3.23. The second-order valence-electron chi connectivity index (χ2n) is 4.67. The Morgan fingerprint density at radius 3 is 2.65 bits per heavy atom. The van der Waals surface area contributed by atoms with Gasteiger partial charge in [-0.25, -0.2) is 4.79 Å². The number of carboxylic acid groups (broad SMARTS) is 1. The summed E-state index contributed by atoms with van der Waals surface area (Å²) < 4.78 is 0. The van der Waals surface area contributed by atoms with E-state index in [1.54, 1.807) is 6.07 Å². The van der Waals surface area contributed by atoms with Crippen LogP contribution in [0.1, 0.15) is 22.3 Å². The largest absolute Gasteiger partial charge is 0.478 e. The normalized spacial score (nSPS) is 14.8. The quantitative estimate of drug-likeness (QED) is 0.682. The summed E-state index contributed by atoms with van der Waals surface area (Å²) in [6, 6.07) is 3.62. The molecule has 2 rings (SSSR count). The van der Waals surface area contributed by atoms with Crippen LogP contribution in [-0.2, 0) is 16.0 Å². The molecule has 0 fully saturated rings. The molecule has 1 aromatic rings. The first kappa shape index (κ1) is 14.0. The number of hydrogen-bond acceptors (Lipinski definition) is 4. The molecule has 106 valence electrons. The smallest absolute Gasteiger partial charge is 0.335 e. The standard InChI is InChI=1S/C13H15N3O4/c14-9(6-11(15)17)12(18)16-4-3-7-1-2-8(13(19)20)5-10(7)16/h1-2,5,9H,3-4,6,14H2,(H2,15,17)(H,19,20). The van der Waals surface area contributed by atoms with Crippen molar-refractivity contribution in [2.75, 3.05) is 11.4 Å². The van der Waals surface area contributed by atoms with Crippen LogP contribution in [0.15, 0.2) is 18.2 Å². The highest BCUT2D eigenvalue weighted by atomic mass is 16.4. The number of aromatic carboxylic acids is 1. The van der Waals surface area contributed by atoms with Crippen molar-refractivity contribution in [3.8, 4) is 0 Å². The first-order valence-electron chi connectivity index (χ1n) is 6.11. The van der Waals surface area contributed by atoms with Crippen molar-refractivity contribution in [1.29, 1.82) is 0 Å². The summed E-state index contributed by atoms with van der Waals surface area (Å²) in [6.45, 7) is 0.420. The molecular weight excluding hydrogens is 262 g/mol. The molecular formula is C13H15N3O4. The number of fused-ring (bicyclic) bond motifs is 1. The maximum Gasteiger partial charge on any atom is 0.335 e. The molecule has 20 heavy (non-hydrogen) atoms. The van der Waals surface area contributed by atoms with Crippen LogP contribution in [0.5, 0.6) is 0 Å². The molecule has 0 saturated carbocycles. The van der Waals surface area contributed by atoms with Gasteiger partial charge in [-0.05, 0) is 24.1 Å². The molecule has 1 atom stereocenters. The number of carboxylic acids is 1. The molecule has 0 saturated heterocycles. The topological polar surface area (TPSA) is 127 Å². The fourth-order valence-electron chi connectivity index (χ4n) is 2.25. The van der Waals surface area contributed by atoms with Crippen molar-refractivity contribution < 1.29 is 19.5 Å². The number of carbonyl (C=O) groups is 3. The van der Waals surface area contributed by atoms with Gasteiger partial charge in [0.25, 0.3) is 0 Å². The van der Waals surface area contributed by atoms with Crippen molar-refractivity contribution in [3.05, 3.63) is 29.3 Å². The van der Waals surface area contributed by atoms with E-state index >= 15 is 0 Å². The Hall–Kier alpha value is -2.41. The molecule has 5 N–H and O–H groups in total. The zero-order valence-corrected chi connectivity index (χ0v) is 10.7. The van der Waals surface area contributed by atoms with E-state index in [9.17, 15) is 14.4 Å². The molecule has 1 aliphatic heterocycles. The lowest BCUT2D eigenvalue weighted by Gasteiger charge is -2.21. The maximum atomic E-state index is 12.2. The Morgan fingerprint density at radius 1 is 1.35 bits per heavy atom. The lowest BCUT2D eigenvalue weighted by Crippen LogP contribution is -2.45. The van der Waals surface area contributed by atoms with Crippen molar-refractivity contribution in [2.24, 2.45) is 11.5 Å². The fraction of sp³-hybridized carbons (Fsp3) is 0.308. The number of amides is 2. The second kappa shape index (κ2) is 5.30.